The van der Waals surface area contributed by atoms with Crippen molar-refractivity contribution >= 4 is 22.5 Å². The van der Waals surface area contributed by atoms with Crippen LogP contribution in [0.2, 0.25) is 0 Å². The lowest BCUT2D eigenvalue weighted by molar-refractivity contribution is 0.465. The number of ether oxygens (including phenoxy) is 1. The first-order chi connectivity index (χ1) is 10.2. The highest BCUT2D eigenvalue weighted by Gasteiger charge is 2.07. The molecule has 2 aromatic heterocycles. The average molecular weight is 299 g/mol. The van der Waals surface area contributed by atoms with Gasteiger partial charge in [-0.05, 0) is 31.5 Å². The Morgan fingerprint density at radius 3 is 2.62 bits per heavy atom. The molecule has 1 aromatic carbocycles. The Kier molecular flexibility index (Phi) is 3.76. The summed E-state index contributed by atoms with van der Waals surface area (Å²) in [4.78, 5) is 8.99. The molecule has 0 saturated carbocycles. The first kappa shape index (κ1) is 13.8. The molecule has 0 aliphatic carbocycles. The Bertz CT molecular complexity index is 802. The SMILES string of the molecule is Cc1ccc2cccc(Oc3ccc(CCl)c(C)n3)c2n1. The number of aromatic nitrogens is 2. The van der Waals surface area contributed by atoms with E-state index < -0.39 is 0 Å². The maximum absolute atomic E-state index is 5.91. The number of rotatable bonds is 3. The van der Waals surface area contributed by atoms with E-state index in [0.29, 0.717) is 17.5 Å². The number of aryl methyl sites for hydroxylation is 2. The number of hydrogen-bond acceptors (Lipinski definition) is 3. The first-order valence-corrected chi connectivity index (χ1v) is 7.27. The molecule has 4 heteroatoms. The molecule has 0 spiro atoms. The van der Waals surface area contributed by atoms with Crippen LogP contribution in [0, 0.1) is 13.8 Å². The predicted molar refractivity (Wildman–Crippen MR) is 85.1 cm³/mol. The van der Waals surface area contributed by atoms with Crippen LogP contribution in [-0.2, 0) is 5.88 Å². The van der Waals surface area contributed by atoms with Gasteiger partial charge in [-0.15, -0.1) is 11.6 Å². The first-order valence-electron chi connectivity index (χ1n) is 6.74. The summed E-state index contributed by atoms with van der Waals surface area (Å²) in [5.74, 6) is 1.72. The van der Waals surface area contributed by atoms with Crippen molar-refractivity contribution in [3.63, 3.8) is 0 Å². The zero-order chi connectivity index (χ0) is 14.8. The highest BCUT2D eigenvalue weighted by Crippen LogP contribution is 2.28. The molecule has 0 bridgehead atoms. The third-order valence-corrected chi connectivity index (χ3v) is 3.64. The second-order valence-electron chi connectivity index (χ2n) is 4.91. The molecule has 3 rings (SSSR count). The quantitative estimate of drug-likeness (QED) is 0.653. The van der Waals surface area contributed by atoms with Gasteiger partial charge in [-0.25, -0.2) is 9.97 Å². The molecule has 0 atom stereocenters. The Balaban J connectivity index is 2.01. The zero-order valence-electron chi connectivity index (χ0n) is 11.9. The van der Waals surface area contributed by atoms with Crippen molar-refractivity contribution in [2.24, 2.45) is 0 Å². The van der Waals surface area contributed by atoms with E-state index >= 15 is 0 Å². The normalized spacial score (nSPS) is 10.8. The number of para-hydroxylation sites is 1. The molecule has 0 aliphatic heterocycles. The number of hydrogen-bond donors (Lipinski definition) is 0. The van der Waals surface area contributed by atoms with Gasteiger partial charge in [0.15, 0.2) is 5.75 Å². The fraction of sp³-hybridized carbons (Fsp3) is 0.176. The largest absolute Gasteiger partial charge is 0.437 e. The minimum Gasteiger partial charge on any atom is -0.437 e. The molecule has 0 N–H and O–H groups in total. The van der Waals surface area contributed by atoms with Crippen molar-refractivity contribution < 1.29 is 4.74 Å². The lowest BCUT2D eigenvalue weighted by atomic mass is 10.2. The van der Waals surface area contributed by atoms with Crippen LogP contribution in [0.25, 0.3) is 10.9 Å². The van der Waals surface area contributed by atoms with Crippen LogP contribution < -0.4 is 4.74 Å². The number of alkyl halides is 1. The van der Waals surface area contributed by atoms with Crippen molar-refractivity contribution in [3.8, 4) is 11.6 Å². The van der Waals surface area contributed by atoms with Crippen LogP contribution in [0.4, 0.5) is 0 Å². The molecule has 0 fully saturated rings. The molecule has 3 nitrogen and oxygen atoms in total. The summed E-state index contributed by atoms with van der Waals surface area (Å²) in [5, 5.41) is 1.05. The molecule has 3 aromatic rings. The summed E-state index contributed by atoms with van der Waals surface area (Å²) in [5.41, 5.74) is 3.70. The van der Waals surface area contributed by atoms with E-state index in [-0.39, 0.29) is 0 Å². The van der Waals surface area contributed by atoms with Crippen LogP contribution in [0.5, 0.6) is 11.6 Å². The second kappa shape index (κ2) is 5.70. The topological polar surface area (TPSA) is 35.0 Å². The third-order valence-electron chi connectivity index (χ3n) is 3.35. The van der Waals surface area contributed by atoms with Crippen molar-refractivity contribution in [2.45, 2.75) is 19.7 Å². The van der Waals surface area contributed by atoms with Crippen molar-refractivity contribution in [1.29, 1.82) is 0 Å². The van der Waals surface area contributed by atoms with Crippen LogP contribution in [0.3, 0.4) is 0 Å². The zero-order valence-corrected chi connectivity index (χ0v) is 12.7. The second-order valence-corrected chi connectivity index (χ2v) is 5.18. The fourth-order valence-corrected chi connectivity index (χ4v) is 2.46. The summed E-state index contributed by atoms with van der Waals surface area (Å²) >= 11 is 5.85. The van der Waals surface area contributed by atoms with Gasteiger partial charge in [0.25, 0.3) is 0 Å². The summed E-state index contributed by atoms with van der Waals surface area (Å²) < 4.78 is 5.91. The summed E-state index contributed by atoms with van der Waals surface area (Å²) in [6.07, 6.45) is 0. The number of nitrogens with zero attached hydrogens (tertiary/aromatic N) is 2. The van der Waals surface area contributed by atoms with E-state index in [4.69, 9.17) is 16.3 Å². The molecule has 0 radical (unpaired) electrons. The van der Waals surface area contributed by atoms with Crippen molar-refractivity contribution in [2.75, 3.05) is 0 Å². The van der Waals surface area contributed by atoms with Gasteiger partial charge in [-0.3, -0.25) is 0 Å². The van der Waals surface area contributed by atoms with Crippen molar-refractivity contribution in [1.82, 2.24) is 9.97 Å². The maximum atomic E-state index is 5.91. The van der Waals surface area contributed by atoms with E-state index in [9.17, 15) is 0 Å². The van der Waals surface area contributed by atoms with E-state index in [1.165, 1.54) is 0 Å². The van der Waals surface area contributed by atoms with Crippen LogP contribution in [0.1, 0.15) is 17.0 Å². The van der Waals surface area contributed by atoms with Crippen molar-refractivity contribution in [3.05, 3.63) is 59.4 Å². The van der Waals surface area contributed by atoms with E-state index in [1.807, 2.05) is 56.3 Å². The standard InChI is InChI=1S/C17H15ClN2O/c1-11-6-7-13-4-3-5-15(17(13)19-11)21-16-9-8-14(10-18)12(2)20-16/h3-9H,10H2,1-2H3. The number of benzene rings is 1. The molecule has 2 heterocycles. The molecule has 0 amide bonds. The van der Waals surface area contributed by atoms with Gasteiger partial charge >= 0.3 is 0 Å². The number of fused-ring (bicyclic) bond motifs is 1. The van der Waals surface area contributed by atoms with Gasteiger partial charge in [0, 0.05) is 28.7 Å². The number of pyridine rings is 2. The third kappa shape index (κ3) is 2.83. The molecule has 21 heavy (non-hydrogen) atoms. The van der Waals surface area contributed by atoms with E-state index in [0.717, 1.165) is 27.9 Å². The molecule has 0 unspecified atom stereocenters. The van der Waals surface area contributed by atoms with Crippen LogP contribution in [0.15, 0.2) is 42.5 Å². The van der Waals surface area contributed by atoms with Gasteiger partial charge in [0.05, 0.1) is 0 Å². The fourth-order valence-electron chi connectivity index (χ4n) is 2.18. The Morgan fingerprint density at radius 2 is 1.86 bits per heavy atom. The molecular formula is C17H15ClN2O. The smallest absolute Gasteiger partial charge is 0.219 e. The Labute approximate surface area is 128 Å². The molecule has 106 valence electrons. The van der Waals surface area contributed by atoms with Gasteiger partial charge in [0.2, 0.25) is 5.88 Å². The average Bonchev–Trinajstić information content (AvgIpc) is 2.48. The van der Waals surface area contributed by atoms with Gasteiger partial charge in [-0.1, -0.05) is 24.3 Å². The monoisotopic (exact) mass is 298 g/mol. The minimum atomic E-state index is 0.453. The Morgan fingerprint density at radius 1 is 1.00 bits per heavy atom. The highest BCUT2D eigenvalue weighted by atomic mass is 35.5. The van der Waals surface area contributed by atoms with Gasteiger partial charge in [-0.2, -0.15) is 0 Å². The Hall–Kier alpha value is -2.13. The molecule has 0 saturated heterocycles. The van der Waals surface area contributed by atoms with Gasteiger partial charge < -0.3 is 4.74 Å². The molecule has 0 aliphatic rings. The predicted octanol–water partition coefficient (Wildman–Crippen LogP) is 4.78. The summed E-state index contributed by atoms with van der Waals surface area (Å²) in [6, 6.07) is 13.7. The number of halogens is 1. The van der Waals surface area contributed by atoms with Crippen LogP contribution >= 0.6 is 11.6 Å². The molecular weight excluding hydrogens is 284 g/mol. The lowest BCUT2D eigenvalue weighted by Crippen LogP contribution is -1.95. The maximum Gasteiger partial charge on any atom is 0.219 e. The van der Waals surface area contributed by atoms with E-state index in [2.05, 4.69) is 9.97 Å². The lowest BCUT2D eigenvalue weighted by Gasteiger charge is -2.09. The van der Waals surface area contributed by atoms with E-state index in [1.54, 1.807) is 0 Å². The van der Waals surface area contributed by atoms with Gasteiger partial charge in [0.1, 0.15) is 5.52 Å². The summed E-state index contributed by atoms with van der Waals surface area (Å²) in [6.45, 7) is 3.89. The van der Waals surface area contributed by atoms with Crippen LogP contribution in [-0.4, -0.2) is 9.97 Å². The minimum absolute atomic E-state index is 0.453. The summed E-state index contributed by atoms with van der Waals surface area (Å²) in [7, 11) is 0. The highest BCUT2D eigenvalue weighted by molar-refractivity contribution is 6.17.